The fourth-order valence-corrected chi connectivity index (χ4v) is 2.07. The highest BCUT2D eigenvalue weighted by atomic mass is 79.9. The second-order valence-corrected chi connectivity index (χ2v) is 5.55. The van der Waals surface area contributed by atoms with Crippen molar-refractivity contribution in [2.24, 2.45) is 5.10 Å². The van der Waals surface area contributed by atoms with Gasteiger partial charge in [-0.3, -0.25) is 9.78 Å². The summed E-state index contributed by atoms with van der Waals surface area (Å²) in [7, 11) is 0. The number of carbonyl (C=O) groups excluding carboxylic acids is 1. The molecule has 0 bridgehead atoms. The molecule has 2 rings (SSSR count). The summed E-state index contributed by atoms with van der Waals surface area (Å²) in [5, 5.41) is 7.14. The summed E-state index contributed by atoms with van der Waals surface area (Å²) in [6.07, 6.45) is 5.58. The SMILES string of the molecule is CC[C@H](Nc1ccc(Br)cc1)C(=O)N/N=C\c1cccnc1. The van der Waals surface area contributed by atoms with E-state index in [1.807, 2.05) is 43.3 Å². The van der Waals surface area contributed by atoms with Gasteiger partial charge in [-0.2, -0.15) is 5.10 Å². The molecule has 0 aliphatic heterocycles. The van der Waals surface area contributed by atoms with Gasteiger partial charge in [0, 0.05) is 28.1 Å². The Morgan fingerprint density at radius 2 is 2.14 bits per heavy atom. The van der Waals surface area contributed by atoms with Crippen LogP contribution in [0.25, 0.3) is 0 Å². The number of hydrogen-bond donors (Lipinski definition) is 2. The molecule has 0 aliphatic carbocycles. The number of aromatic nitrogens is 1. The average molecular weight is 361 g/mol. The molecule has 1 aromatic heterocycles. The number of benzene rings is 1. The Balaban J connectivity index is 1.91. The third kappa shape index (κ3) is 4.96. The zero-order chi connectivity index (χ0) is 15.8. The van der Waals surface area contributed by atoms with Crippen LogP contribution in [-0.4, -0.2) is 23.1 Å². The predicted molar refractivity (Wildman–Crippen MR) is 91.8 cm³/mol. The van der Waals surface area contributed by atoms with Crippen molar-refractivity contribution in [3.8, 4) is 0 Å². The maximum Gasteiger partial charge on any atom is 0.262 e. The van der Waals surface area contributed by atoms with Crippen molar-refractivity contribution in [3.63, 3.8) is 0 Å². The second-order valence-electron chi connectivity index (χ2n) is 4.63. The highest BCUT2D eigenvalue weighted by molar-refractivity contribution is 9.10. The molecule has 2 aromatic rings. The molecule has 1 amide bonds. The molecule has 6 heteroatoms. The molecule has 0 saturated carbocycles. The van der Waals surface area contributed by atoms with Crippen LogP contribution in [0.4, 0.5) is 5.69 Å². The Morgan fingerprint density at radius 1 is 1.36 bits per heavy atom. The quantitative estimate of drug-likeness (QED) is 0.614. The van der Waals surface area contributed by atoms with E-state index in [1.54, 1.807) is 18.6 Å². The van der Waals surface area contributed by atoms with Gasteiger partial charge in [0.05, 0.1) is 6.21 Å². The van der Waals surface area contributed by atoms with Gasteiger partial charge in [-0.25, -0.2) is 5.43 Å². The van der Waals surface area contributed by atoms with Crippen LogP contribution < -0.4 is 10.7 Å². The van der Waals surface area contributed by atoms with E-state index < -0.39 is 0 Å². The molecule has 1 heterocycles. The molecule has 2 N–H and O–H groups in total. The van der Waals surface area contributed by atoms with Crippen molar-refractivity contribution >= 4 is 33.7 Å². The van der Waals surface area contributed by atoms with Gasteiger partial charge in [0.25, 0.3) is 5.91 Å². The minimum Gasteiger partial charge on any atom is -0.374 e. The third-order valence-corrected chi connectivity index (χ3v) is 3.51. The number of halogens is 1. The Labute approximate surface area is 138 Å². The van der Waals surface area contributed by atoms with Gasteiger partial charge in [-0.1, -0.05) is 28.9 Å². The maximum atomic E-state index is 12.1. The summed E-state index contributed by atoms with van der Waals surface area (Å²) >= 11 is 3.38. The van der Waals surface area contributed by atoms with Crippen LogP contribution in [0.5, 0.6) is 0 Å². The minimum absolute atomic E-state index is 0.175. The monoisotopic (exact) mass is 360 g/mol. The molecular formula is C16H17BrN4O. The van der Waals surface area contributed by atoms with Gasteiger partial charge in [0.1, 0.15) is 6.04 Å². The summed E-state index contributed by atoms with van der Waals surface area (Å²) in [6.45, 7) is 1.95. The summed E-state index contributed by atoms with van der Waals surface area (Å²) in [6, 6.07) is 11.0. The highest BCUT2D eigenvalue weighted by Gasteiger charge is 2.15. The van der Waals surface area contributed by atoms with Crippen LogP contribution in [-0.2, 0) is 4.79 Å². The topological polar surface area (TPSA) is 66.4 Å². The number of nitrogens with one attached hydrogen (secondary N) is 2. The fraction of sp³-hybridized carbons (Fsp3) is 0.188. The van der Waals surface area contributed by atoms with Crippen molar-refractivity contribution in [2.45, 2.75) is 19.4 Å². The smallest absolute Gasteiger partial charge is 0.262 e. The van der Waals surface area contributed by atoms with E-state index in [9.17, 15) is 4.79 Å². The lowest BCUT2D eigenvalue weighted by molar-refractivity contribution is -0.121. The van der Waals surface area contributed by atoms with E-state index in [1.165, 1.54) is 0 Å². The molecular weight excluding hydrogens is 344 g/mol. The lowest BCUT2D eigenvalue weighted by Gasteiger charge is -2.16. The molecule has 5 nitrogen and oxygen atoms in total. The zero-order valence-electron chi connectivity index (χ0n) is 12.2. The molecule has 0 fully saturated rings. The third-order valence-electron chi connectivity index (χ3n) is 2.98. The number of pyridine rings is 1. The Morgan fingerprint density at radius 3 is 2.77 bits per heavy atom. The van der Waals surface area contributed by atoms with Gasteiger partial charge < -0.3 is 5.32 Å². The van der Waals surface area contributed by atoms with Gasteiger partial charge in [-0.15, -0.1) is 0 Å². The predicted octanol–water partition coefficient (Wildman–Crippen LogP) is 3.18. The Hall–Kier alpha value is -2.21. The summed E-state index contributed by atoms with van der Waals surface area (Å²) in [5.41, 5.74) is 4.27. The lowest BCUT2D eigenvalue weighted by Crippen LogP contribution is -2.36. The van der Waals surface area contributed by atoms with Gasteiger partial charge in [0.15, 0.2) is 0 Å². The molecule has 1 atom stereocenters. The van der Waals surface area contributed by atoms with Crippen LogP contribution in [0, 0.1) is 0 Å². The molecule has 0 radical (unpaired) electrons. The van der Waals surface area contributed by atoms with E-state index >= 15 is 0 Å². The van der Waals surface area contributed by atoms with E-state index in [2.05, 4.69) is 36.8 Å². The molecule has 0 aliphatic rings. The number of amides is 1. The van der Waals surface area contributed by atoms with E-state index in [-0.39, 0.29) is 11.9 Å². The van der Waals surface area contributed by atoms with Crippen molar-refractivity contribution in [1.29, 1.82) is 0 Å². The summed E-state index contributed by atoms with van der Waals surface area (Å²) in [5.74, 6) is -0.175. The van der Waals surface area contributed by atoms with E-state index in [0.717, 1.165) is 15.7 Å². The van der Waals surface area contributed by atoms with E-state index in [0.29, 0.717) is 6.42 Å². The maximum absolute atomic E-state index is 12.1. The van der Waals surface area contributed by atoms with Crippen molar-refractivity contribution in [3.05, 3.63) is 58.8 Å². The first kappa shape index (κ1) is 16.2. The summed E-state index contributed by atoms with van der Waals surface area (Å²) < 4.78 is 0.997. The number of anilines is 1. The first-order valence-electron chi connectivity index (χ1n) is 6.94. The normalized spacial score (nSPS) is 12.1. The van der Waals surface area contributed by atoms with Crippen LogP contribution >= 0.6 is 15.9 Å². The molecule has 0 saturated heterocycles. The number of nitrogens with zero attached hydrogens (tertiary/aromatic N) is 2. The number of hydrazone groups is 1. The van der Waals surface area contributed by atoms with Gasteiger partial charge in [0.2, 0.25) is 0 Å². The van der Waals surface area contributed by atoms with Crippen LogP contribution in [0.1, 0.15) is 18.9 Å². The van der Waals surface area contributed by atoms with Gasteiger partial charge in [-0.05, 0) is 36.8 Å². The first-order chi connectivity index (χ1) is 10.7. The molecule has 1 aromatic carbocycles. The summed E-state index contributed by atoms with van der Waals surface area (Å²) in [4.78, 5) is 16.1. The van der Waals surface area contributed by atoms with Crippen molar-refractivity contribution in [2.75, 3.05) is 5.32 Å². The molecule has 22 heavy (non-hydrogen) atoms. The van der Waals surface area contributed by atoms with Crippen LogP contribution in [0.2, 0.25) is 0 Å². The minimum atomic E-state index is -0.341. The standard InChI is InChI=1S/C16H17BrN4O/c1-2-15(20-14-7-5-13(17)6-8-14)16(22)21-19-11-12-4-3-9-18-10-12/h3-11,15,20H,2H2,1H3,(H,21,22)/b19-11-/t15-/m0/s1. The highest BCUT2D eigenvalue weighted by Crippen LogP contribution is 2.15. The molecule has 0 unspecified atom stereocenters. The number of carbonyl (C=O) groups is 1. The largest absolute Gasteiger partial charge is 0.374 e. The molecule has 0 spiro atoms. The number of hydrogen-bond acceptors (Lipinski definition) is 4. The average Bonchev–Trinajstić information content (AvgIpc) is 2.55. The molecule has 114 valence electrons. The number of rotatable bonds is 6. The van der Waals surface area contributed by atoms with Crippen molar-refractivity contribution in [1.82, 2.24) is 10.4 Å². The van der Waals surface area contributed by atoms with E-state index in [4.69, 9.17) is 0 Å². The Bertz CT molecular complexity index is 628. The first-order valence-corrected chi connectivity index (χ1v) is 7.73. The second kappa shape index (κ2) is 8.29. The van der Waals surface area contributed by atoms with Crippen LogP contribution in [0.15, 0.2) is 58.4 Å². The van der Waals surface area contributed by atoms with Crippen molar-refractivity contribution < 1.29 is 4.79 Å². The zero-order valence-corrected chi connectivity index (χ0v) is 13.7. The Kier molecular flexibility index (Phi) is 6.09. The lowest BCUT2D eigenvalue weighted by atomic mass is 10.2. The van der Waals surface area contributed by atoms with Gasteiger partial charge >= 0.3 is 0 Å². The van der Waals surface area contributed by atoms with Crippen LogP contribution in [0.3, 0.4) is 0 Å². The fourth-order valence-electron chi connectivity index (χ4n) is 1.80.